The zero-order chi connectivity index (χ0) is 48.5. The fourth-order valence-electron chi connectivity index (χ4n) is 8.68. The number of unbranched alkanes of at least 4 members (excludes halogenated alkanes) is 37. The number of likely N-dealkylation sites (N-methyl/N-ethyl adjacent to an activating group) is 1. The topological polar surface area (TPSA) is 108 Å². The number of nitrogens with zero attached hydrogens (tertiary/aromatic N) is 1. The smallest absolute Gasteiger partial charge is 0.268 e. The zero-order valence-corrected chi connectivity index (χ0v) is 45.6. The highest BCUT2D eigenvalue weighted by Crippen LogP contribution is 2.38. The Balaban J connectivity index is 4.15. The van der Waals surface area contributed by atoms with Gasteiger partial charge >= 0.3 is 0 Å². The molecule has 8 nitrogen and oxygen atoms in total. The molecule has 66 heavy (non-hydrogen) atoms. The highest BCUT2D eigenvalue weighted by Gasteiger charge is 2.24. The lowest BCUT2D eigenvalue weighted by Gasteiger charge is -2.30. The molecular formula is C57H113N2O6P. The lowest BCUT2D eigenvalue weighted by atomic mass is 10.0. The van der Waals surface area contributed by atoms with Crippen molar-refractivity contribution in [1.29, 1.82) is 0 Å². The first-order chi connectivity index (χ1) is 32.0. The van der Waals surface area contributed by atoms with E-state index in [0.29, 0.717) is 23.9 Å². The van der Waals surface area contributed by atoms with Crippen molar-refractivity contribution in [3.63, 3.8) is 0 Å². The molecule has 0 saturated heterocycles. The summed E-state index contributed by atoms with van der Waals surface area (Å²) in [5, 5.41) is 14.0. The van der Waals surface area contributed by atoms with Crippen LogP contribution in [0.4, 0.5) is 0 Å². The third-order valence-corrected chi connectivity index (χ3v) is 14.2. The van der Waals surface area contributed by atoms with Gasteiger partial charge in [-0.25, -0.2) is 0 Å². The summed E-state index contributed by atoms with van der Waals surface area (Å²) in [7, 11) is 1.31. The van der Waals surface area contributed by atoms with Gasteiger partial charge in [-0.15, -0.1) is 0 Å². The van der Waals surface area contributed by atoms with E-state index in [2.05, 4.69) is 43.5 Å². The molecule has 0 radical (unpaired) electrons. The third kappa shape index (κ3) is 50.8. The van der Waals surface area contributed by atoms with Gasteiger partial charge in [0, 0.05) is 6.42 Å². The maximum absolute atomic E-state index is 13.0. The highest BCUT2D eigenvalue weighted by atomic mass is 31.2. The number of allylic oxidation sites excluding steroid dienone is 4. The van der Waals surface area contributed by atoms with Gasteiger partial charge in [0.2, 0.25) is 5.91 Å². The van der Waals surface area contributed by atoms with E-state index in [-0.39, 0.29) is 19.1 Å². The minimum atomic E-state index is -4.57. The number of aliphatic hydroxyl groups is 1. The van der Waals surface area contributed by atoms with Gasteiger partial charge < -0.3 is 28.8 Å². The molecule has 0 spiro atoms. The van der Waals surface area contributed by atoms with Crippen molar-refractivity contribution < 1.29 is 32.9 Å². The maximum atomic E-state index is 13.0. The Morgan fingerprint density at radius 2 is 0.864 bits per heavy atom. The van der Waals surface area contributed by atoms with Crippen molar-refractivity contribution in [3.05, 3.63) is 24.3 Å². The van der Waals surface area contributed by atoms with Crippen molar-refractivity contribution in [2.75, 3.05) is 40.9 Å². The van der Waals surface area contributed by atoms with Crippen LogP contribution in [-0.4, -0.2) is 68.5 Å². The van der Waals surface area contributed by atoms with Crippen LogP contribution in [0.5, 0.6) is 0 Å². The quantitative estimate of drug-likeness (QED) is 0.0272. The first kappa shape index (κ1) is 65.0. The van der Waals surface area contributed by atoms with Crippen LogP contribution in [0.2, 0.25) is 0 Å². The molecule has 1 amide bonds. The Hall–Kier alpha value is -1.02. The molecule has 0 heterocycles. The number of nitrogens with one attached hydrogen (secondary N) is 1. The number of phosphoric acid groups is 1. The number of rotatable bonds is 53. The summed E-state index contributed by atoms with van der Waals surface area (Å²) in [6, 6.07) is -0.802. The molecule has 0 aromatic carbocycles. The molecule has 0 aliphatic rings. The monoisotopic (exact) mass is 953 g/mol. The Morgan fingerprint density at radius 1 is 0.530 bits per heavy atom. The second-order valence-electron chi connectivity index (χ2n) is 21.0. The van der Waals surface area contributed by atoms with E-state index >= 15 is 0 Å². The van der Waals surface area contributed by atoms with Gasteiger partial charge in [-0.2, -0.15) is 0 Å². The van der Waals surface area contributed by atoms with Crippen LogP contribution < -0.4 is 10.2 Å². The van der Waals surface area contributed by atoms with Gasteiger partial charge in [0.25, 0.3) is 7.82 Å². The predicted molar refractivity (Wildman–Crippen MR) is 284 cm³/mol. The Kier molecular flexibility index (Phi) is 48.2. The lowest BCUT2D eigenvalue weighted by Crippen LogP contribution is -2.46. The van der Waals surface area contributed by atoms with E-state index in [9.17, 15) is 19.4 Å². The molecule has 0 rings (SSSR count). The van der Waals surface area contributed by atoms with Crippen LogP contribution in [0.25, 0.3) is 0 Å². The molecule has 0 aliphatic carbocycles. The van der Waals surface area contributed by atoms with Gasteiger partial charge in [-0.3, -0.25) is 9.36 Å². The number of hydrogen-bond acceptors (Lipinski definition) is 6. The molecule has 0 bridgehead atoms. The Morgan fingerprint density at radius 3 is 1.26 bits per heavy atom. The summed E-state index contributed by atoms with van der Waals surface area (Å²) >= 11 is 0. The predicted octanol–water partition coefficient (Wildman–Crippen LogP) is 16.6. The van der Waals surface area contributed by atoms with Crippen molar-refractivity contribution in [2.24, 2.45) is 0 Å². The van der Waals surface area contributed by atoms with Crippen molar-refractivity contribution in [2.45, 2.75) is 296 Å². The fourth-order valence-corrected chi connectivity index (χ4v) is 9.40. The second-order valence-corrected chi connectivity index (χ2v) is 22.4. The van der Waals surface area contributed by atoms with E-state index in [1.807, 2.05) is 21.1 Å². The molecule has 3 atom stereocenters. The fraction of sp³-hybridized carbons (Fsp3) is 0.912. The van der Waals surface area contributed by atoms with Crippen LogP contribution >= 0.6 is 7.82 Å². The van der Waals surface area contributed by atoms with Crippen LogP contribution in [0, 0.1) is 0 Å². The van der Waals surface area contributed by atoms with Crippen LogP contribution in [0.1, 0.15) is 284 Å². The molecule has 392 valence electrons. The van der Waals surface area contributed by atoms with E-state index < -0.39 is 20.0 Å². The van der Waals surface area contributed by atoms with E-state index in [1.54, 1.807) is 0 Å². The molecular weight excluding hydrogens is 840 g/mol. The van der Waals surface area contributed by atoms with Gasteiger partial charge in [0.15, 0.2) is 0 Å². The third-order valence-electron chi connectivity index (χ3n) is 13.2. The Labute approximate surface area is 411 Å². The molecule has 0 aliphatic heterocycles. The summed E-state index contributed by atoms with van der Waals surface area (Å²) in [5.41, 5.74) is 0. The number of hydrogen-bond donors (Lipinski definition) is 2. The summed E-state index contributed by atoms with van der Waals surface area (Å²) in [6.07, 6.45) is 60.6. The molecule has 2 N–H and O–H groups in total. The average molecular weight is 954 g/mol. The number of aliphatic hydroxyl groups excluding tert-OH is 1. The minimum absolute atomic E-state index is 0.0127. The first-order valence-corrected chi connectivity index (χ1v) is 30.2. The molecule has 9 heteroatoms. The van der Waals surface area contributed by atoms with Gasteiger partial charge in [-0.05, 0) is 38.5 Å². The SMILES string of the molecule is CCCCC/C=C\C=C/CCCCCCCCCCCCC(=O)NC(COP(=O)([O-])OCC[N+](C)(C)C)C(O)CCCCCCCCCCCCCCCCCCCCCCCCCCC. The normalized spacial score (nSPS) is 14.1. The number of carbonyl (C=O) groups excluding carboxylic acids is 1. The lowest BCUT2D eigenvalue weighted by molar-refractivity contribution is -0.870. The van der Waals surface area contributed by atoms with Crippen LogP contribution in [0.15, 0.2) is 24.3 Å². The zero-order valence-electron chi connectivity index (χ0n) is 44.7. The van der Waals surface area contributed by atoms with E-state index in [1.165, 1.54) is 218 Å². The van der Waals surface area contributed by atoms with Crippen LogP contribution in [-0.2, 0) is 18.4 Å². The largest absolute Gasteiger partial charge is 0.756 e. The van der Waals surface area contributed by atoms with Gasteiger partial charge in [-0.1, -0.05) is 263 Å². The number of quaternary nitrogens is 1. The molecule has 3 unspecified atom stereocenters. The van der Waals surface area contributed by atoms with Gasteiger partial charge in [0.05, 0.1) is 39.9 Å². The number of amides is 1. The summed E-state index contributed by atoms with van der Waals surface area (Å²) in [4.78, 5) is 25.5. The number of carbonyl (C=O) groups is 1. The standard InChI is InChI=1S/C57H113N2O6P/c1-6-8-10-12-14-16-18-20-22-24-26-27-28-29-30-31-33-34-36-38-40-42-44-46-48-50-56(60)55(54-65-66(62,63)64-53-52-59(3,4)5)58-57(61)51-49-47-45-43-41-39-37-35-32-25-23-21-19-17-15-13-11-9-7-2/h15,17,19,21,55-56,60H,6-14,16,18,20,22-54H2,1-5H3,(H-,58,61,62,63)/b17-15-,21-19-. The molecule has 0 aromatic rings. The molecule has 0 fully saturated rings. The molecule has 0 aromatic heterocycles. The first-order valence-electron chi connectivity index (χ1n) is 28.7. The highest BCUT2D eigenvalue weighted by molar-refractivity contribution is 7.45. The van der Waals surface area contributed by atoms with Gasteiger partial charge in [0.1, 0.15) is 13.2 Å². The summed E-state index contributed by atoms with van der Waals surface area (Å²) < 4.78 is 23.4. The second kappa shape index (κ2) is 49.0. The maximum Gasteiger partial charge on any atom is 0.268 e. The average Bonchev–Trinajstić information content (AvgIpc) is 3.28. The summed E-state index contributed by atoms with van der Waals surface area (Å²) in [5.74, 6) is -0.165. The van der Waals surface area contributed by atoms with E-state index in [0.717, 1.165) is 38.5 Å². The van der Waals surface area contributed by atoms with E-state index in [4.69, 9.17) is 9.05 Å². The van der Waals surface area contributed by atoms with Crippen LogP contribution in [0.3, 0.4) is 0 Å². The minimum Gasteiger partial charge on any atom is -0.756 e. The summed E-state index contributed by atoms with van der Waals surface area (Å²) in [6.45, 7) is 4.73. The molecule has 0 saturated carbocycles. The van der Waals surface area contributed by atoms with Crippen molar-refractivity contribution in [3.8, 4) is 0 Å². The Bertz CT molecular complexity index is 1130. The van der Waals surface area contributed by atoms with Crippen molar-refractivity contribution in [1.82, 2.24) is 5.32 Å². The number of phosphoric ester groups is 1. The van der Waals surface area contributed by atoms with Crippen molar-refractivity contribution >= 4 is 13.7 Å².